The van der Waals surface area contributed by atoms with Gasteiger partial charge < -0.3 is 9.47 Å². The van der Waals surface area contributed by atoms with Gasteiger partial charge in [0, 0.05) is 6.92 Å². The molecule has 0 saturated carbocycles. The van der Waals surface area contributed by atoms with Gasteiger partial charge in [-0.1, -0.05) is 37.1 Å². The first kappa shape index (κ1) is 20.2. The highest BCUT2D eigenvalue weighted by Crippen LogP contribution is 2.48. The van der Waals surface area contributed by atoms with Gasteiger partial charge in [-0.2, -0.15) is 0 Å². The van der Waals surface area contributed by atoms with E-state index >= 15 is 0 Å². The van der Waals surface area contributed by atoms with Gasteiger partial charge in [0.25, 0.3) is 0 Å². The zero-order valence-electron chi connectivity index (χ0n) is 17.0. The Bertz CT molecular complexity index is 545. The molecule has 0 aliphatic carbocycles. The molecule has 2 rings (SSSR count). The van der Waals surface area contributed by atoms with Crippen molar-refractivity contribution in [2.24, 2.45) is 5.92 Å². The molecule has 0 aromatic heterocycles. The third kappa shape index (κ3) is 4.97. The molecule has 1 saturated heterocycles. The van der Waals surface area contributed by atoms with Gasteiger partial charge in [-0.15, -0.1) is 0 Å². The summed E-state index contributed by atoms with van der Waals surface area (Å²) in [6.45, 7) is 12.6. The van der Waals surface area contributed by atoms with Gasteiger partial charge in [-0.05, 0) is 71.6 Å². The predicted octanol–water partition coefficient (Wildman–Crippen LogP) is 5.74. The zero-order chi connectivity index (χ0) is 18.7. The highest BCUT2D eigenvalue weighted by Gasteiger charge is 2.52. The van der Waals surface area contributed by atoms with Gasteiger partial charge in [-0.3, -0.25) is 4.79 Å². The van der Waals surface area contributed by atoms with E-state index < -0.39 is 5.60 Å². The van der Waals surface area contributed by atoms with Crippen molar-refractivity contribution < 1.29 is 14.3 Å². The molecule has 2 bridgehead atoms. The van der Waals surface area contributed by atoms with Crippen LogP contribution in [0.1, 0.15) is 86.5 Å². The molecular weight excluding hydrogens is 312 g/mol. The number of carbonyl (C=O) groups is 1. The molecule has 2 aliphatic heterocycles. The fourth-order valence-electron chi connectivity index (χ4n) is 4.18. The van der Waals surface area contributed by atoms with Crippen LogP contribution in [0.2, 0.25) is 0 Å². The van der Waals surface area contributed by atoms with Gasteiger partial charge in [0.1, 0.15) is 11.7 Å². The minimum atomic E-state index is -0.397. The van der Waals surface area contributed by atoms with Crippen LogP contribution in [-0.4, -0.2) is 23.3 Å². The van der Waals surface area contributed by atoms with Crippen molar-refractivity contribution in [1.29, 1.82) is 0 Å². The van der Waals surface area contributed by atoms with E-state index in [-0.39, 0.29) is 17.7 Å². The Hall–Kier alpha value is -1.09. The van der Waals surface area contributed by atoms with Crippen LogP contribution in [0.25, 0.3) is 0 Å². The van der Waals surface area contributed by atoms with Crippen LogP contribution in [0.4, 0.5) is 0 Å². The van der Waals surface area contributed by atoms with E-state index in [4.69, 9.17) is 9.47 Å². The van der Waals surface area contributed by atoms with Gasteiger partial charge in [0.05, 0.1) is 5.60 Å². The first-order valence-electron chi connectivity index (χ1n) is 9.85. The molecular formula is C22H36O3. The lowest BCUT2D eigenvalue weighted by Gasteiger charge is -2.39. The largest absolute Gasteiger partial charge is 0.459 e. The second kappa shape index (κ2) is 8.07. The van der Waals surface area contributed by atoms with Crippen molar-refractivity contribution >= 4 is 5.97 Å². The Balaban J connectivity index is 2.35. The average molecular weight is 349 g/mol. The minimum Gasteiger partial charge on any atom is -0.459 e. The second-order valence-electron chi connectivity index (χ2n) is 8.61. The summed E-state index contributed by atoms with van der Waals surface area (Å²) in [5.41, 5.74) is 2.27. The summed E-state index contributed by atoms with van der Waals surface area (Å²) in [5.74, 6) is 0.222. The number of allylic oxidation sites excluding steroid dienone is 3. The maximum absolute atomic E-state index is 11.7. The number of rotatable bonds is 2. The number of esters is 1. The Morgan fingerprint density at radius 3 is 2.52 bits per heavy atom. The molecule has 1 fully saturated rings. The molecule has 0 N–H and O–H groups in total. The fourth-order valence-corrected chi connectivity index (χ4v) is 4.18. The highest BCUT2D eigenvalue weighted by atomic mass is 16.6. The topological polar surface area (TPSA) is 35.5 Å². The van der Waals surface area contributed by atoms with Gasteiger partial charge in [-0.25, -0.2) is 0 Å². The number of fused-ring (bicyclic) bond motifs is 2. The average Bonchev–Trinajstić information content (AvgIpc) is 2.88. The van der Waals surface area contributed by atoms with Crippen molar-refractivity contribution in [2.45, 2.75) is 104 Å². The van der Waals surface area contributed by atoms with E-state index in [1.165, 1.54) is 18.1 Å². The molecule has 3 atom stereocenters. The first-order chi connectivity index (χ1) is 11.7. The minimum absolute atomic E-state index is 0.148. The van der Waals surface area contributed by atoms with E-state index in [0.717, 1.165) is 44.9 Å². The molecule has 3 nitrogen and oxygen atoms in total. The Labute approximate surface area is 153 Å². The SMILES string of the molecule is CC(=O)OC1CCC(C)=CCC/C(C)=C\CC2(C(C)C)CCC1(C)O2. The summed E-state index contributed by atoms with van der Waals surface area (Å²) in [6, 6.07) is 0. The summed E-state index contributed by atoms with van der Waals surface area (Å²) in [4.78, 5) is 11.7. The van der Waals surface area contributed by atoms with E-state index in [0.29, 0.717) is 5.92 Å². The summed E-state index contributed by atoms with van der Waals surface area (Å²) in [5, 5.41) is 0. The van der Waals surface area contributed by atoms with E-state index in [9.17, 15) is 4.79 Å². The molecule has 3 heteroatoms. The highest BCUT2D eigenvalue weighted by molar-refractivity contribution is 5.66. The molecule has 2 heterocycles. The Morgan fingerprint density at radius 2 is 1.88 bits per heavy atom. The van der Waals surface area contributed by atoms with Crippen molar-refractivity contribution in [3.8, 4) is 0 Å². The van der Waals surface area contributed by atoms with Crippen LogP contribution < -0.4 is 0 Å². The summed E-state index contributed by atoms with van der Waals surface area (Å²) in [6.07, 6.45) is 11.4. The Kier molecular flexibility index (Phi) is 6.53. The monoisotopic (exact) mass is 348 g/mol. The van der Waals surface area contributed by atoms with Crippen LogP contribution in [-0.2, 0) is 14.3 Å². The molecule has 25 heavy (non-hydrogen) atoms. The molecule has 142 valence electrons. The fraction of sp³-hybridized carbons (Fsp3) is 0.773. The smallest absolute Gasteiger partial charge is 0.303 e. The van der Waals surface area contributed by atoms with Crippen molar-refractivity contribution in [3.05, 3.63) is 23.3 Å². The van der Waals surface area contributed by atoms with Gasteiger partial charge in [0.2, 0.25) is 0 Å². The Morgan fingerprint density at radius 1 is 1.20 bits per heavy atom. The number of carbonyl (C=O) groups excluding carboxylic acids is 1. The normalized spacial score (nSPS) is 36.5. The molecule has 0 amide bonds. The predicted molar refractivity (Wildman–Crippen MR) is 102 cm³/mol. The van der Waals surface area contributed by atoms with Crippen LogP contribution in [0.15, 0.2) is 23.3 Å². The van der Waals surface area contributed by atoms with Gasteiger partial charge in [0.15, 0.2) is 0 Å². The van der Waals surface area contributed by atoms with Crippen LogP contribution in [0, 0.1) is 5.92 Å². The third-order valence-electron chi connectivity index (χ3n) is 6.15. The zero-order valence-corrected chi connectivity index (χ0v) is 17.0. The van der Waals surface area contributed by atoms with Gasteiger partial charge >= 0.3 is 5.97 Å². The van der Waals surface area contributed by atoms with E-state index in [2.05, 4.69) is 46.8 Å². The standard InChI is InChI=1S/C22H36O3/c1-16(2)22-13-12-18(4)9-7-8-17(3)10-11-20(24-19(5)23)21(6,25-22)14-15-22/h8,12,16,20H,7,9-11,13-15H2,1-6H3/b17-8?,18-12-. The molecule has 2 aliphatic rings. The lowest BCUT2D eigenvalue weighted by Crippen LogP contribution is -2.46. The van der Waals surface area contributed by atoms with Crippen LogP contribution in [0.3, 0.4) is 0 Å². The molecule has 0 aromatic carbocycles. The van der Waals surface area contributed by atoms with E-state index in [1.54, 1.807) is 0 Å². The summed E-state index contributed by atoms with van der Waals surface area (Å²) >= 11 is 0. The maximum atomic E-state index is 11.7. The number of hydrogen-bond donors (Lipinski definition) is 0. The summed E-state index contributed by atoms with van der Waals surface area (Å²) < 4.78 is 12.5. The number of ether oxygens (including phenoxy) is 2. The van der Waals surface area contributed by atoms with Crippen molar-refractivity contribution in [1.82, 2.24) is 0 Å². The second-order valence-corrected chi connectivity index (χ2v) is 8.61. The van der Waals surface area contributed by atoms with Crippen LogP contribution in [0.5, 0.6) is 0 Å². The molecule has 3 unspecified atom stereocenters. The van der Waals surface area contributed by atoms with E-state index in [1.807, 2.05) is 0 Å². The number of hydrogen-bond acceptors (Lipinski definition) is 3. The lowest BCUT2D eigenvalue weighted by molar-refractivity contribution is -0.186. The molecule has 0 aromatic rings. The first-order valence-corrected chi connectivity index (χ1v) is 9.85. The van der Waals surface area contributed by atoms with Crippen molar-refractivity contribution in [3.63, 3.8) is 0 Å². The molecule has 0 radical (unpaired) electrons. The quantitative estimate of drug-likeness (QED) is 0.471. The third-order valence-corrected chi connectivity index (χ3v) is 6.15. The maximum Gasteiger partial charge on any atom is 0.303 e. The van der Waals surface area contributed by atoms with Crippen molar-refractivity contribution in [2.75, 3.05) is 0 Å². The summed E-state index contributed by atoms with van der Waals surface area (Å²) in [7, 11) is 0. The van der Waals surface area contributed by atoms with Crippen LogP contribution >= 0.6 is 0 Å². The lowest BCUT2D eigenvalue weighted by atomic mass is 9.82. The molecule has 0 spiro atoms.